The summed E-state index contributed by atoms with van der Waals surface area (Å²) in [5.74, 6) is 2.38. The number of nitrogens with zero attached hydrogens (tertiary/aromatic N) is 2. The minimum Gasteiger partial charge on any atom is -0.497 e. The molecule has 1 aromatic heterocycles. The highest BCUT2D eigenvalue weighted by Gasteiger charge is 2.16. The lowest BCUT2D eigenvalue weighted by molar-refractivity contribution is 0.415. The quantitative estimate of drug-likeness (QED) is 0.881. The van der Waals surface area contributed by atoms with Gasteiger partial charge in [-0.15, -0.1) is 0 Å². The van der Waals surface area contributed by atoms with Gasteiger partial charge in [0.2, 0.25) is 0 Å². The van der Waals surface area contributed by atoms with Gasteiger partial charge in [-0.1, -0.05) is 20.8 Å². The fourth-order valence-corrected chi connectivity index (χ4v) is 2.36. The van der Waals surface area contributed by atoms with Crippen molar-refractivity contribution in [1.29, 1.82) is 0 Å². The van der Waals surface area contributed by atoms with E-state index in [2.05, 4.69) is 31.4 Å². The molecule has 1 atom stereocenters. The number of aryl methyl sites for hydroxylation is 1. The topological polar surface area (TPSA) is 53.1 Å². The molecule has 2 rings (SSSR count). The average molecular weight is 275 g/mol. The van der Waals surface area contributed by atoms with Crippen molar-refractivity contribution < 1.29 is 4.74 Å². The van der Waals surface area contributed by atoms with Gasteiger partial charge in [-0.05, 0) is 24.5 Å². The van der Waals surface area contributed by atoms with E-state index < -0.39 is 0 Å². The second kappa shape index (κ2) is 6.27. The highest BCUT2D eigenvalue weighted by molar-refractivity contribution is 5.77. The summed E-state index contributed by atoms with van der Waals surface area (Å²) in [5.41, 5.74) is 8.37. The van der Waals surface area contributed by atoms with Gasteiger partial charge in [0.1, 0.15) is 11.6 Å². The highest BCUT2D eigenvalue weighted by Crippen LogP contribution is 2.23. The molecule has 4 heteroatoms. The van der Waals surface area contributed by atoms with Crippen LogP contribution in [0.5, 0.6) is 5.75 Å². The van der Waals surface area contributed by atoms with Crippen molar-refractivity contribution in [2.45, 2.75) is 46.2 Å². The molecule has 110 valence electrons. The first-order valence-electron chi connectivity index (χ1n) is 7.35. The van der Waals surface area contributed by atoms with Gasteiger partial charge in [-0.25, -0.2) is 4.98 Å². The number of nitrogens with two attached hydrogens (primary N) is 1. The minimum absolute atomic E-state index is 0.143. The Labute approximate surface area is 120 Å². The van der Waals surface area contributed by atoms with Crippen molar-refractivity contribution in [3.63, 3.8) is 0 Å². The van der Waals surface area contributed by atoms with Crippen LogP contribution in [0.1, 0.15) is 33.0 Å². The van der Waals surface area contributed by atoms with Gasteiger partial charge in [-0.3, -0.25) is 0 Å². The van der Waals surface area contributed by atoms with E-state index in [4.69, 9.17) is 15.5 Å². The number of ether oxygens (including phenoxy) is 1. The van der Waals surface area contributed by atoms with Crippen molar-refractivity contribution in [1.82, 2.24) is 9.55 Å². The molecule has 0 spiro atoms. The molecule has 0 aliphatic rings. The molecular weight excluding hydrogens is 250 g/mol. The standard InChI is InChI=1S/C16H25N3O/c1-5-8-19-15-7-6-12(20-4)9-14(15)18-16(19)10-13(17)11(2)3/h6-7,9,11,13H,5,8,10,17H2,1-4H3. The fourth-order valence-electron chi connectivity index (χ4n) is 2.36. The van der Waals surface area contributed by atoms with Crippen LogP contribution in [-0.2, 0) is 13.0 Å². The van der Waals surface area contributed by atoms with E-state index in [1.165, 1.54) is 5.52 Å². The molecule has 0 aliphatic heterocycles. The predicted octanol–water partition coefficient (Wildman–Crippen LogP) is 2.98. The lowest BCUT2D eigenvalue weighted by Gasteiger charge is -2.16. The number of aromatic nitrogens is 2. The van der Waals surface area contributed by atoms with E-state index in [-0.39, 0.29) is 6.04 Å². The van der Waals surface area contributed by atoms with E-state index in [1.54, 1.807) is 7.11 Å². The van der Waals surface area contributed by atoms with Crippen molar-refractivity contribution in [2.24, 2.45) is 11.7 Å². The molecular formula is C16H25N3O. The smallest absolute Gasteiger partial charge is 0.121 e. The molecule has 0 amide bonds. The number of benzene rings is 1. The number of rotatable bonds is 6. The van der Waals surface area contributed by atoms with Crippen LogP contribution in [0.2, 0.25) is 0 Å². The molecule has 0 saturated carbocycles. The molecule has 4 nitrogen and oxygen atoms in total. The summed E-state index contributed by atoms with van der Waals surface area (Å²) >= 11 is 0. The second-order valence-electron chi connectivity index (χ2n) is 5.65. The van der Waals surface area contributed by atoms with E-state index >= 15 is 0 Å². The summed E-state index contributed by atoms with van der Waals surface area (Å²) < 4.78 is 7.57. The van der Waals surface area contributed by atoms with Crippen molar-refractivity contribution in [3.8, 4) is 5.75 Å². The number of methoxy groups -OCH3 is 1. The Morgan fingerprint density at radius 3 is 2.70 bits per heavy atom. The van der Waals surface area contributed by atoms with Crippen molar-refractivity contribution >= 4 is 11.0 Å². The summed E-state index contributed by atoms with van der Waals surface area (Å²) in [6.45, 7) is 7.46. The number of hydrogen-bond donors (Lipinski definition) is 1. The third-order valence-electron chi connectivity index (χ3n) is 3.76. The highest BCUT2D eigenvalue weighted by atomic mass is 16.5. The van der Waals surface area contributed by atoms with Crippen LogP contribution in [0.25, 0.3) is 11.0 Å². The molecule has 0 aliphatic carbocycles. The summed E-state index contributed by atoms with van der Waals surface area (Å²) in [4.78, 5) is 4.77. The predicted molar refractivity (Wildman–Crippen MR) is 83.1 cm³/mol. The summed E-state index contributed by atoms with van der Waals surface area (Å²) in [6.07, 6.45) is 1.90. The molecule has 20 heavy (non-hydrogen) atoms. The first kappa shape index (κ1) is 14.9. The van der Waals surface area contributed by atoms with Gasteiger partial charge in [-0.2, -0.15) is 0 Å². The zero-order valence-corrected chi connectivity index (χ0v) is 12.9. The Balaban J connectivity index is 2.43. The SMILES string of the molecule is CCCn1c(CC(N)C(C)C)nc2cc(OC)ccc21. The van der Waals surface area contributed by atoms with E-state index in [0.717, 1.165) is 36.5 Å². The summed E-state index contributed by atoms with van der Waals surface area (Å²) in [5, 5.41) is 0. The Bertz CT molecular complexity index is 574. The number of hydrogen-bond acceptors (Lipinski definition) is 3. The Morgan fingerprint density at radius 2 is 2.10 bits per heavy atom. The largest absolute Gasteiger partial charge is 0.497 e. The molecule has 2 aromatic rings. The Hall–Kier alpha value is -1.55. The van der Waals surface area contributed by atoms with Crippen molar-refractivity contribution in [3.05, 3.63) is 24.0 Å². The van der Waals surface area contributed by atoms with Crippen LogP contribution in [0, 0.1) is 5.92 Å². The number of fused-ring (bicyclic) bond motifs is 1. The van der Waals surface area contributed by atoms with Gasteiger partial charge >= 0.3 is 0 Å². The monoisotopic (exact) mass is 275 g/mol. The molecule has 1 aromatic carbocycles. The van der Waals surface area contributed by atoms with Crippen LogP contribution in [0.4, 0.5) is 0 Å². The molecule has 0 fully saturated rings. The minimum atomic E-state index is 0.143. The third-order valence-corrected chi connectivity index (χ3v) is 3.76. The molecule has 0 saturated heterocycles. The van der Waals surface area contributed by atoms with Gasteiger partial charge in [0.15, 0.2) is 0 Å². The normalized spacial score (nSPS) is 13.1. The van der Waals surface area contributed by atoms with Gasteiger partial charge < -0.3 is 15.0 Å². The van der Waals surface area contributed by atoms with Gasteiger partial charge in [0, 0.05) is 25.1 Å². The van der Waals surface area contributed by atoms with Crippen LogP contribution >= 0.6 is 0 Å². The molecule has 0 bridgehead atoms. The molecule has 2 N–H and O–H groups in total. The lowest BCUT2D eigenvalue weighted by Crippen LogP contribution is -2.30. The molecule has 1 unspecified atom stereocenters. The van der Waals surface area contributed by atoms with Gasteiger partial charge in [0.25, 0.3) is 0 Å². The first-order chi connectivity index (χ1) is 9.56. The maximum atomic E-state index is 6.21. The van der Waals surface area contributed by atoms with Crippen LogP contribution < -0.4 is 10.5 Å². The lowest BCUT2D eigenvalue weighted by atomic mass is 10.0. The summed E-state index contributed by atoms with van der Waals surface area (Å²) in [7, 11) is 1.68. The number of imidazole rings is 1. The van der Waals surface area contributed by atoms with Crippen molar-refractivity contribution in [2.75, 3.05) is 7.11 Å². The molecule has 0 radical (unpaired) electrons. The second-order valence-corrected chi connectivity index (χ2v) is 5.65. The Kier molecular flexibility index (Phi) is 4.65. The first-order valence-corrected chi connectivity index (χ1v) is 7.35. The maximum absolute atomic E-state index is 6.21. The molecule has 1 heterocycles. The van der Waals surface area contributed by atoms with Crippen LogP contribution in [0.3, 0.4) is 0 Å². The van der Waals surface area contributed by atoms with Crippen LogP contribution in [0.15, 0.2) is 18.2 Å². The fraction of sp³-hybridized carbons (Fsp3) is 0.562. The zero-order chi connectivity index (χ0) is 14.7. The van der Waals surface area contributed by atoms with E-state index in [1.807, 2.05) is 12.1 Å². The Morgan fingerprint density at radius 1 is 1.35 bits per heavy atom. The van der Waals surface area contributed by atoms with E-state index in [0.29, 0.717) is 5.92 Å². The average Bonchev–Trinajstić information content (AvgIpc) is 2.76. The summed E-state index contributed by atoms with van der Waals surface area (Å²) in [6, 6.07) is 6.21. The van der Waals surface area contributed by atoms with Crippen LogP contribution in [-0.4, -0.2) is 22.7 Å². The third kappa shape index (κ3) is 2.96. The maximum Gasteiger partial charge on any atom is 0.121 e. The van der Waals surface area contributed by atoms with Gasteiger partial charge in [0.05, 0.1) is 18.1 Å². The zero-order valence-electron chi connectivity index (χ0n) is 12.9. The van der Waals surface area contributed by atoms with E-state index in [9.17, 15) is 0 Å².